The van der Waals surface area contributed by atoms with Crippen LogP contribution in [0.1, 0.15) is 69.3 Å². The van der Waals surface area contributed by atoms with E-state index in [-0.39, 0.29) is 0 Å². The zero-order valence-corrected chi connectivity index (χ0v) is 14.1. The van der Waals surface area contributed by atoms with E-state index in [2.05, 4.69) is 36.3 Å². The van der Waals surface area contributed by atoms with Crippen molar-refractivity contribution < 1.29 is 0 Å². The van der Waals surface area contributed by atoms with Gasteiger partial charge in [0.2, 0.25) is 0 Å². The van der Waals surface area contributed by atoms with Crippen LogP contribution in [0.25, 0.3) is 0 Å². The Morgan fingerprint density at radius 1 is 1.20 bits per heavy atom. The minimum atomic E-state index is 0.310. The number of hydrogen-bond acceptors (Lipinski definition) is 4. The molecule has 0 amide bonds. The fraction of sp³-hybridized carbons (Fsp3) is 0.875. The summed E-state index contributed by atoms with van der Waals surface area (Å²) in [5.41, 5.74) is 0.310. The molecule has 1 heterocycles. The molecule has 1 aromatic rings. The minimum Gasteiger partial charge on any atom is -0.316 e. The average Bonchev–Trinajstić information content (AvgIpc) is 2.88. The molecular weight excluding hydrogens is 266 g/mol. The molecule has 3 nitrogen and oxygen atoms in total. The third-order valence-electron chi connectivity index (χ3n) is 4.24. The predicted octanol–water partition coefficient (Wildman–Crippen LogP) is 3.94. The van der Waals surface area contributed by atoms with Crippen molar-refractivity contribution in [1.29, 1.82) is 0 Å². The van der Waals surface area contributed by atoms with Gasteiger partial charge in [0.15, 0.2) is 0 Å². The Labute approximate surface area is 127 Å². The van der Waals surface area contributed by atoms with Gasteiger partial charge in [-0.05, 0) is 38.3 Å². The first kappa shape index (κ1) is 15.9. The SMILES string of the molecule is CC(C)CNCCCc1nnc(C2(C)CCCCC2)s1. The summed E-state index contributed by atoms with van der Waals surface area (Å²) < 4.78 is 0. The average molecular weight is 295 g/mol. The molecule has 114 valence electrons. The zero-order valence-electron chi connectivity index (χ0n) is 13.2. The van der Waals surface area contributed by atoms with E-state index in [1.54, 1.807) is 0 Å². The van der Waals surface area contributed by atoms with Crippen molar-refractivity contribution in [1.82, 2.24) is 15.5 Å². The fourth-order valence-electron chi connectivity index (χ4n) is 2.90. The maximum Gasteiger partial charge on any atom is 0.123 e. The molecule has 1 aliphatic rings. The Morgan fingerprint density at radius 2 is 1.95 bits per heavy atom. The monoisotopic (exact) mass is 295 g/mol. The first-order chi connectivity index (χ1) is 9.60. The quantitative estimate of drug-likeness (QED) is 0.774. The van der Waals surface area contributed by atoms with Crippen molar-refractivity contribution in [2.45, 2.75) is 71.1 Å². The minimum absolute atomic E-state index is 0.310. The molecular formula is C16H29N3S. The van der Waals surface area contributed by atoms with Crippen molar-refractivity contribution in [2.75, 3.05) is 13.1 Å². The smallest absolute Gasteiger partial charge is 0.123 e. The van der Waals surface area contributed by atoms with Gasteiger partial charge in [0.1, 0.15) is 10.0 Å². The van der Waals surface area contributed by atoms with Gasteiger partial charge in [-0.2, -0.15) is 0 Å². The van der Waals surface area contributed by atoms with Crippen LogP contribution in [0.2, 0.25) is 0 Å². The van der Waals surface area contributed by atoms with Gasteiger partial charge in [-0.15, -0.1) is 21.5 Å². The van der Waals surface area contributed by atoms with Crippen LogP contribution in [-0.4, -0.2) is 23.3 Å². The van der Waals surface area contributed by atoms with Gasteiger partial charge in [-0.1, -0.05) is 40.0 Å². The van der Waals surface area contributed by atoms with Crippen LogP contribution < -0.4 is 5.32 Å². The summed E-state index contributed by atoms with van der Waals surface area (Å²) in [7, 11) is 0. The van der Waals surface area contributed by atoms with Gasteiger partial charge in [0.25, 0.3) is 0 Å². The topological polar surface area (TPSA) is 37.8 Å². The van der Waals surface area contributed by atoms with E-state index in [0.717, 1.165) is 31.8 Å². The lowest BCUT2D eigenvalue weighted by atomic mass is 9.76. The third-order valence-corrected chi connectivity index (χ3v) is 5.53. The molecule has 1 aliphatic carbocycles. The maximum absolute atomic E-state index is 4.49. The maximum atomic E-state index is 4.49. The Morgan fingerprint density at radius 3 is 2.65 bits per heavy atom. The molecule has 1 aromatic heterocycles. The normalized spacial score (nSPS) is 18.6. The number of nitrogens with one attached hydrogen (secondary N) is 1. The zero-order chi connectivity index (χ0) is 14.4. The molecule has 20 heavy (non-hydrogen) atoms. The van der Waals surface area contributed by atoms with E-state index >= 15 is 0 Å². The highest BCUT2D eigenvalue weighted by Crippen LogP contribution is 2.40. The lowest BCUT2D eigenvalue weighted by Gasteiger charge is -2.30. The Kier molecular flexibility index (Phi) is 5.97. The van der Waals surface area contributed by atoms with Crippen LogP contribution in [0.3, 0.4) is 0 Å². The van der Waals surface area contributed by atoms with E-state index in [1.165, 1.54) is 42.1 Å². The first-order valence-electron chi connectivity index (χ1n) is 8.14. The highest BCUT2D eigenvalue weighted by atomic mass is 32.1. The van der Waals surface area contributed by atoms with Gasteiger partial charge >= 0.3 is 0 Å². The molecule has 0 aliphatic heterocycles. The van der Waals surface area contributed by atoms with Crippen LogP contribution in [-0.2, 0) is 11.8 Å². The molecule has 0 radical (unpaired) electrons. The number of aryl methyl sites for hydroxylation is 1. The van der Waals surface area contributed by atoms with Crippen molar-refractivity contribution in [3.63, 3.8) is 0 Å². The molecule has 0 aromatic carbocycles. The van der Waals surface area contributed by atoms with E-state index in [4.69, 9.17) is 0 Å². The highest BCUT2D eigenvalue weighted by Gasteiger charge is 2.32. The third kappa shape index (κ3) is 4.52. The molecule has 1 N–H and O–H groups in total. The Hall–Kier alpha value is -0.480. The van der Waals surface area contributed by atoms with Crippen LogP contribution in [0.4, 0.5) is 0 Å². The summed E-state index contributed by atoms with van der Waals surface area (Å²) >= 11 is 1.85. The van der Waals surface area contributed by atoms with Crippen molar-refractivity contribution in [2.24, 2.45) is 5.92 Å². The predicted molar refractivity (Wildman–Crippen MR) is 86.4 cm³/mol. The lowest BCUT2D eigenvalue weighted by molar-refractivity contribution is 0.317. The summed E-state index contributed by atoms with van der Waals surface area (Å²) in [5, 5.41) is 14.9. The molecule has 0 unspecified atom stereocenters. The summed E-state index contributed by atoms with van der Waals surface area (Å²) in [5.74, 6) is 0.731. The molecule has 2 rings (SSSR count). The summed E-state index contributed by atoms with van der Waals surface area (Å²) in [4.78, 5) is 0. The van der Waals surface area contributed by atoms with Crippen LogP contribution in [0.15, 0.2) is 0 Å². The second-order valence-electron chi connectivity index (χ2n) is 6.82. The Bertz CT molecular complexity index is 394. The van der Waals surface area contributed by atoms with Gasteiger partial charge < -0.3 is 5.32 Å². The molecule has 0 saturated heterocycles. The second kappa shape index (κ2) is 7.51. The largest absolute Gasteiger partial charge is 0.316 e. The second-order valence-corrected chi connectivity index (χ2v) is 7.89. The standard InChI is InChI=1S/C16H29N3S/c1-13(2)12-17-11-7-8-14-18-19-15(20-14)16(3)9-5-4-6-10-16/h13,17H,4-12H2,1-3H3. The van der Waals surface area contributed by atoms with E-state index in [9.17, 15) is 0 Å². The summed E-state index contributed by atoms with van der Waals surface area (Å²) in [6.07, 6.45) is 8.91. The van der Waals surface area contributed by atoms with Crippen LogP contribution in [0.5, 0.6) is 0 Å². The van der Waals surface area contributed by atoms with Crippen LogP contribution in [0, 0.1) is 5.92 Å². The number of aromatic nitrogens is 2. The van der Waals surface area contributed by atoms with Gasteiger partial charge in [-0.25, -0.2) is 0 Å². The molecule has 1 saturated carbocycles. The van der Waals surface area contributed by atoms with Crippen LogP contribution >= 0.6 is 11.3 Å². The van der Waals surface area contributed by atoms with Crippen molar-refractivity contribution in [3.05, 3.63) is 10.0 Å². The van der Waals surface area contributed by atoms with Crippen molar-refractivity contribution in [3.8, 4) is 0 Å². The number of nitrogens with zero attached hydrogens (tertiary/aromatic N) is 2. The number of hydrogen-bond donors (Lipinski definition) is 1. The fourth-order valence-corrected chi connectivity index (χ4v) is 3.98. The molecule has 0 atom stereocenters. The molecule has 0 bridgehead atoms. The Balaban J connectivity index is 1.77. The van der Waals surface area contributed by atoms with E-state index in [0.29, 0.717) is 5.41 Å². The van der Waals surface area contributed by atoms with Gasteiger partial charge in [0, 0.05) is 11.8 Å². The van der Waals surface area contributed by atoms with E-state index in [1.807, 2.05) is 11.3 Å². The molecule has 4 heteroatoms. The summed E-state index contributed by atoms with van der Waals surface area (Å²) in [6.45, 7) is 9.06. The number of rotatable bonds is 7. The lowest BCUT2D eigenvalue weighted by Crippen LogP contribution is -2.24. The highest BCUT2D eigenvalue weighted by molar-refractivity contribution is 7.11. The van der Waals surface area contributed by atoms with Gasteiger partial charge in [0.05, 0.1) is 0 Å². The molecule has 1 fully saturated rings. The first-order valence-corrected chi connectivity index (χ1v) is 8.95. The van der Waals surface area contributed by atoms with E-state index < -0.39 is 0 Å². The summed E-state index contributed by atoms with van der Waals surface area (Å²) in [6, 6.07) is 0. The van der Waals surface area contributed by atoms with Gasteiger partial charge in [-0.3, -0.25) is 0 Å². The molecule has 0 spiro atoms. The van der Waals surface area contributed by atoms with Crippen molar-refractivity contribution >= 4 is 11.3 Å².